The fourth-order valence-electron chi connectivity index (χ4n) is 2.25. The molecule has 0 aromatic heterocycles. The molecule has 1 aromatic carbocycles. The van der Waals surface area contributed by atoms with Gasteiger partial charge in [0.05, 0.1) is 11.6 Å². The number of benzene rings is 1. The van der Waals surface area contributed by atoms with Crippen LogP contribution in [-0.2, 0) is 4.79 Å². The number of carbonyl (C=O) groups is 1. The van der Waals surface area contributed by atoms with Gasteiger partial charge in [-0.05, 0) is 50.7 Å². The number of hydrogen-bond donors (Lipinski definition) is 1. The third-order valence-electron chi connectivity index (χ3n) is 3.15. The van der Waals surface area contributed by atoms with E-state index < -0.39 is 6.10 Å². The van der Waals surface area contributed by atoms with Crippen LogP contribution in [0.15, 0.2) is 24.3 Å². The van der Waals surface area contributed by atoms with Gasteiger partial charge >= 0.3 is 0 Å². The van der Waals surface area contributed by atoms with Crippen LogP contribution < -0.4 is 10.1 Å². The Balaban J connectivity index is 2.49. The standard InChI is InChI=1S/C17H25N3O2/c1-13(22-15-8-6-14(10-18)7-9-15)16(21)19-11-17(2,3)12-20(4)5/h6-9,13H,11-12H2,1-5H3,(H,19,21). The van der Waals surface area contributed by atoms with Crippen molar-refractivity contribution in [1.29, 1.82) is 5.26 Å². The molecule has 0 bridgehead atoms. The van der Waals surface area contributed by atoms with Crippen molar-refractivity contribution in [2.24, 2.45) is 5.41 Å². The molecule has 5 heteroatoms. The smallest absolute Gasteiger partial charge is 0.260 e. The summed E-state index contributed by atoms with van der Waals surface area (Å²) in [7, 11) is 4.03. The number of hydrogen-bond acceptors (Lipinski definition) is 4. The fourth-order valence-corrected chi connectivity index (χ4v) is 2.25. The first-order valence-electron chi connectivity index (χ1n) is 7.33. The van der Waals surface area contributed by atoms with Crippen molar-refractivity contribution >= 4 is 5.91 Å². The van der Waals surface area contributed by atoms with Crippen molar-refractivity contribution in [2.75, 3.05) is 27.2 Å². The van der Waals surface area contributed by atoms with Crippen LogP contribution in [0.2, 0.25) is 0 Å². The maximum absolute atomic E-state index is 12.1. The van der Waals surface area contributed by atoms with E-state index in [-0.39, 0.29) is 11.3 Å². The molecule has 0 radical (unpaired) electrons. The molecule has 1 N–H and O–H groups in total. The molecule has 0 heterocycles. The van der Waals surface area contributed by atoms with E-state index in [1.807, 2.05) is 20.2 Å². The molecular weight excluding hydrogens is 278 g/mol. The van der Waals surface area contributed by atoms with E-state index >= 15 is 0 Å². The number of ether oxygens (including phenoxy) is 1. The van der Waals surface area contributed by atoms with Crippen LogP contribution in [-0.4, -0.2) is 44.1 Å². The molecule has 1 amide bonds. The van der Waals surface area contributed by atoms with Gasteiger partial charge in [0, 0.05) is 13.1 Å². The summed E-state index contributed by atoms with van der Waals surface area (Å²) < 4.78 is 5.59. The third kappa shape index (κ3) is 6.15. The van der Waals surface area contributed by atoms with Crippen molar-refractivity contribution < 1.29 is 9.53 Å². The Morgan fingerprint density at radius 2 is 1.95 bits per heavy atom. The molecule has 0 aliphatic heterocycles. The molecule has 0 saturated carbocycles. The summed E-state index contributed by atoms with van der Waals surface area (Å²) in [6, 6.07) is 8.76. The Bertz CT molecular complexity index is 530. The maximum atomic E-state index is 12.1. The zero-order chi connectivity index (χ0) is 16.8. The highest BCUT2D eigenvalue weighted by atomic mass is 16.5. The lowest BCUT2D eigenvalue weighted by Gasteiger charge is -2.29. The van der Waals surface area contributed by atoms with Crippen LogP contribution in [0, 0.1) is 16.7 Å². The van der Waals surface area contributed by atoms with Crippen molar-refractivity contribution in [3.63, 3.8) is 0 Å². The van der Waals surface area contributed by atoms with E-state index in [9.17, 15) is 4.79 Å². The minimum Gasteiger partial charge on any atom is -0.481 e. The molecule has 0 spiro atoms. The first-order chi connectivity index (χ1) is 10.2. The fraction of sp³-hybridized carbons (Fsp3) is 0.529. The molecule has 1 unspecified atom stereocenters. The predicted molar refractivity (Wildman–Crippen MR) is 86.6 cm³/mol. The van der Waals surface area contributed by atoms with Crippen LogP contribution in [0.3, 0.4) is 0 Å². The highest BCUT2D eigenvalue weighted by Crippen LogP contribution is 2.15. The largest absolute Gasteiger partial charge is 0.481 e. The molecule has 22 heavy (non-hydrogen) atoms. The van der Waals surface area contributed by atoms with Gasteiger partial charge in [0.1, 0.15) is 5.75 Å². The van der Waals surface area contributed by atoms with Gasteiger partial charge in [-0.1, -0.05) is 13.8 Å². The predicted octanol–water partition coefficient (Wildman–Crippen LogP) is 2.03. The molecule has 1 rings (SSSR count). The van der Waals surface area contributed by atoms with E-state index in [0.29, 0.717) is 17.9 Å². The van der Waals surface area contributed by atoms with Gasteiger partial charge in [0.2, 0.25) is 0 Å². The van der Waals surface area contributed by atoms with Crippen LogP contribution in [0.5, 0.6) is 5.75 Å². The Hall–Kier alpha value is -2.06. The average molecular weight is 303 g/mol. The summed E-state index contributed by atoms with van der Waals surface area (Å²) in [5, 5.41) is 11.7. The molecule has 120 valence electrons. The molecule has 1 atom stereocenters. The zero-order valence-corrected chi connectivity index (χ0v) is 14.0. The van der Waals surface area contributed by atoms with Crippen LogP contribution >= 0.6 is 0 Å². The molecule has 0 aliphatic carbocycles. The summed E-state index contributed by atoms with van der Waals surface area (Å²) in [5.74, 6) is 0.436. The molecule has 0 fully saturated rings. The zero-order valence-electron chi connectivity index (χ0n) is 14.0. The van der Waals surface area contributed by atoms with Gasteiger partial charge in [0.15, 0.2) is 6.10 Å². The summed E-state index contributed by atoms with van der Waals surface area (Å²) in [6.07, 6.45) is -0.580. The van der Waals surface area contributed by atoms with Gasteiger partial charge < -0.3 is 15.0 Å². The summed E-state index contributed by atoms with van der Waals surface area (Å²) in [4.78, 5) is 14.2. The summed E-state index contributed by atoms with van der Waals surface area (Å²) in [6.45, 7) is 7.41. The monoisotopic (exact) mass is 303 g/mol. The number of nitrogens with one attached hydrogen (secondary N) is 1. The van der Waals surface area contributed by atoms with E-state index in [2.05, 4.69) is 24.1 Å². The van der Waals surface area contributed by atoms with Crippen molar-refractivity contribution in [3.05, 3.63) is 29.8 Å². The highest BCUT2D eigenvalue weighted by Gasteiger charge is 2.22. The SMILES string of the molecule is CC(Oc1ccc(C#N)cc1)C(=O)NCC(C)(C)CN(C)C. The van der Waals surface area contributed by atoms with Crippen LogP contribution in [0.25, 0.3) is 0 Å². The number of amides is 1. The van der Waals surface area contributed by atoms with Crippen LogP contribution in [0.4, 0.5) is 0 Å². The Labute approximate surface area is 132 Å². The van der Waals surface area contributed by atoms with Gasteiger partial charge in [-0.2, -0.15) is 5.26 Å². The second-order valence-corrected chi connectivity index (χ2v) is 6.52. The van der Waals surface area contributed by atoms with Crippen molar-refractivity contribution in [1.82, 2.24) is 10.2 Å². The van der Waals surface area contributed by atoms with E-state index in [1.165, 1.54) is 0 Å². The third-order valence-corrected chi connectivity index (χ3v) is 3.15. The minimum atomic E-state index is -0.580. The second kappa shape index (κ2) is 7.81. The molecule has 5 nitrogen and oxygen atoms in total. The quantitative estimate of drug-likeness (QED) is 0.837. The lowest BCUT2D eigenvalue weighted by molar-refractivity contribution is -0.127. The Kier molecular flexibility index (Phi) is 6.39. The van der Waals surface area contributed by atoms with E-state index in [0.717, 1.165) is 6.54 Å². The molecule has 0 saturated heterocycles. The number of rotatable bonds is 7. The Morgan fingerprint density at radius 3 is 2.45 bits per heavy atom. The summed E-state index contributed by atoms with van der Waals surface area (Å²) >= 11 is 0. The van der Waals surface area contributed by atoms with Gasteiger partial charge in [-0.15, -0.1) is 0 Å². The number of carbonyl (C=O) groups excluding carboxylic acids is 1. The van der Waals surface area contributed by atoms with E-state index in [1.54, 1.807) is 31.2 Å². The molecule has 0 aliphatic rings. The van der Waals surface area contributed by atoms with Gasteiger partial charge in [0.25, 0.3) is 5.91 Å². The second-order valence-electron chi connectivity index (χ2n) is 6.52. The molecule has 1 aromatic rings. The Morgan fingerprint density at radius 1 is 1.36 bits per heavy atom. The van der Waals surface area contributed by atoms with Crippen LogP contribution in [0.1, 0.15) is 26.3 Å². The van der Waals surface area contributed by atoms with Crippen molar-refractivity contribution in [3.8, 4) is 11.8 Å². The number of nitriles is 1. The normalized spacial score (nSPS) is 12.6. The van der Waals surface area contributed by atoms with Gasteiger partial charge in [-0.3, -0.25) is 4.79 Å². The minimum absolute atomic E-state index is 0.00662. The first-order valence-corrected chi connectivity index (χ1v) is 7.33. The van der Waals surface area contributed by atoms with Crippen molar-refractivity contribution in [2.45, 2.75) is 26.9 Å². The van der Waals surface area contributed by atoms with Gasteiger partial charge in [-0.25, -0.2) is 0 Å². The molecular formula is C17H25N3O2. The first kappa shape index (κ1) is 18.0. The van der Waals surface area contributed by atoms with E-state index in [4.69, 9.17) is 10.00 Å². The topological polar surface area (TPSA) is 65.4 Å². The summed E-state index contributed by atoms with van der Waals surface area (Å²) in [5.41, 5.74) is 0.558. The lowest BCUT2D eigenvalue weighted by atomic mass is 9.93. The average Bonchev–Trinajstić information content (AvgIpc) is 2.44. The maximum Gasteiger partial charge on any atom is 0.260 e. The highest BCUT2D eigenvalue weighted by molar-refractivity contribution is 5.80. The lowest BCUT2D eigenvalue weighted by Crippen LogP contribution is -2.44. The number of nitrogens with zero attached hydrogens (tertiary/aromatic N) is 2.